The van der Waals surface area contributed by atoms with E-state index in [4.69, 9.17) is 4.42 Å². The summed E-state index contributed by atoms with van der Waals surface area (Å²) in [4.78, 5) is 4.58. The monoisotopic (exact) mass is 428 g/mol. The van der Waals surface area contributed by atoms with Gasteiger partial charge in [-0.2, -0.15) is 14.6 Å². The minimum Gasteiger partial charge on any atom is -0.419 e. The van der Waals surface area contributed by atoms with Crippen LogP contribution in [0.15, 0.2) is 33.6 Å². The lowest BCUT2D eigenvalue weighted by atomic mass is 9.95. The van der Waals surface area contributed by atoms with Crippen molar-refractivity contribution in [1.82, 2.24) is 9.29 Å². The van der Waals surface area contributed by atoms with E-state index in [0.717, 1.165) is 25.7 Å². The maximum atomic E-state index is 12.9. The molecule has 160 valence electrons. The van der Waals surface area contributed by atoms with Crippen LogP contribution < -0.4 is 5.32 Å². The van der Waals surface area contributed by atoms with Crippen LogP contribution in [-0.2, 0) is 10.0 Å². The molecule has 1 aromatic heterocycles. The number of aromatic nitrogens is 1. The predicted octanol–water partition coefficient (Wildman–Crippen LogP) is 4.38. The lowest BCUT2D eigenvalue weighted by molar-refractivity contribution is 0.288. The summed E-state index contributed by atoms with van der Waals surface area (Å²) in [5.74, 6) is 1.29. The summed E-state index contributed by atoms with van der Waals surface area (Å²) in [7, 11) is -3.49. The second-order valence-electron chi connectivity index (χ2n) is 8.40. The van der Waals surface area contributed by atoms with Gasteiger partial charge in [0.05, 0.1) is 4.90 Å². The van der Waals surface area contributed by atoms with E-state index in [1.54, 1.807) is 28.6 Å². The molecule has 1 saturated heterocycles. The summed E-state index contributed by atoms with van der Waals surface area (Å²) in [5.41, 5.74) is 0.879. The van der Waals surface area contributed by atoms with Crippen molar-refractivity contribution >= 4 is 15.9 Å². The molecule has 0 radical (unpaired) electrons. The van der Waals surface area contributed by atoms with Gasteiger partial charge in [-0.25, -0.2) is 8.42 Å². The van der Waals surface area contributed by atoms with Crippen LogP contribution in [0.1, 0.15) is 57.6 Å². The van der Waals surface area contributed by atoms with E-state index in [0.29, 0.717) is 42.4 Å². The second-order valence-corrected chi connectivity index (χ2v) is 10.3. The first-order valence-corrected chi connectivity index (χ1v) is 12.2. The van der Waals surface area contributed by atoms with E-state index < -0.39 is 10.0 Å². The molecule has 30 heavy (non-hydrogen) atoms. The molecule has 1 aromatic carbocycles. The lowest BCUT2D eigenvalue weighted by Crippen LogP contribution is -2.37. The normalized spacial score (nSPS) is 19.5. The molecule has 1 aliphatic heterocycles. The van der Waals surface area contributed by atoms with E-state index in [1.807, 2.05) is 0 Å². The molecule has 0 spiro atoms. The Morgan fingerprint density at radius 3 is 2.40 bits per heavy atom. The molecule has 1 saturated carbocycles. The van der Waals surface area contributed by atoms with Gasteiger partial charge < -0.3 is 9.73 Å². The smallest absolute Gasteiger partial charge is 0.243 e. The third kappa shape index (κ3) is 4.37. The largest absolute Gasteiger partial charge is 0.419 e. The van der Waals surface area contributed by atoms with Gasteiger partial charge in [-0.1, -0.05) is 26.2 Å². The van der Waals surface area contributed by atoms with Crippen molar-refractivity contribution in [2.24, 2.45) is 5.92 Å². The van der Waals surface area contributed by atoms with Crippen LogP contribution in [0.3, 0.4) is 0 Å². The molecule has 4 rings (SSSR count). The van der Waals surface area contributed by atoms with Gasteiger partial charge in [-0.15, -0.1) is 0 Å². The third-order valence-corrected chi connectivity index (χ3v) is 8.07. The topological polar surface area (TPSA) is 99.2 Å². The molecule has 2 aliphatic rings. The van der Waals surface area contributed by atoms with Crippen LogP contribution in [0, 0.1) is 17.2 Å². The summed E-state index contributed by atoms with van der Waals surface area (Å²) >= 11 is 0. The Morgan fingerprint density at radius 2 is 1.77 bits per heavy atom. The van der Waals surface area contributed by atoms with Crippen LogP contribution in [0.25, 0.3) is 11.5 Å². The summed E-state index contributed by atoms with van der Waals surface area (Å²) in [6.45, 7) is 3.28. The number of hydrogen-bond donors (Lipinski definition) is 1. The van der Waals surface area contributed by atoms with Crippen molar-refractivity contribution < 1.29 is 12.8 Å². The number of benzene rings is 1. The van der Waals surface area contributed by atoms with Crippen LogP contribution in [0.5, 0.6) is 0 Å². The summed E-state index contributed by atoms with van der Waals surface area (Å²) < 4.78 is 33.2. The highest BCUT2D eigenvalue weighted by atomic mass is 32.2. The van der Waals surface area contributed by atoms with E-state index >= 15 is 0 Å². The molecule has 0 unspecified atom stereocenters. The summed E-state index contributed by atoms with van der Waals surface area (Å²) in [6.07, 6.45) is 7.49. The maximum absolute atomic E-state index is 12.9. The molecule has 1 N–H and O–H groups in total. The van der Waals surface area contributed by atoms with Crippen LogP contribution >= 0.6 is 0 Å². The molecule has 0 bridgehead atoms. The number of oxazole rings is 1. The van der Waals surface area contributed by atoms with Gasteiger partial charge in [0.15, 0.2) is 0 Å². The van der Waals surface area contributed by atoms with Crippen molar-refractivity contribution in [1.29, 1.82) is 5.26 Å². The van der Waals surface area contributed by atoms with Crippen molar-refractivity contribution in [2.75, 3.05) is 18.4 Å². The van der Waals surface area contributed by atoms with Gasteiger partial charge in [0.1, 0.15) is 6.07 Å². The van der Waals surface area contributed by atoms with E-state index in [-0.39, 0.29) is 10.6 Å². The molecule has 1 aliphatic carbocycles. The minimum atomic E-state index is -3.49. The number of hydrogen-bond acceptors (Lipinski definition) is 6. The molecule has 2 fully saturated rings. The second kappa shape index (κ2) is 8.78. The molecule has 0 amide bonds. The van der Waals surface area contributed by atoms with Gasteiger partial charge in [0.2, 0.25) is 27.5 Å². The Kier molecular flexibility index (Phi) is 6.11. The Bertz CT molecular complexity index is 1010. The fraction of sp³-hybridized carbons (Fsp3) is 0.545. The highest BCUT2D eigenvalue weighted by molar-refractivity contribution is 7.89. The molecule has 2 aromatic rings. The van der Waals surface area contributed by atoms with Gasteiger partial charge in [-0.3, -0.25) is 0 Å². The van der Waals surface area contributed by atoms with Crippen LogP contribution in [-0.4, -0.2) is 36.8 Å². The molecule has 7 nitrogen and oxygen atoms in total. The fourth-order valence-electron chi connectivity index (χ4n) is 4.19. The van der Waals surface area contributed by atoms with E-state index in [2.05, 4.69) is 23.3 Å². The standard InChI is InChI=1S/C22H28N4O3S/c1-16-11-13-26(14-12-16)30(27,28)19-9-7-17(8-10-19)21-25-20(15-23)22(29-21)24-18-5-3-2-4-6-18/h7-10,16,18,24H,2-6,11-14H2,1H3. The van der Waals surface area contributed by atoms with Crippen molar-refractivity contribution in [3.63, 3.8) is 0 Å². The highest BCUT2D eigenvalue weighted by Gasteiger charge is 2.28. The highest BCUT2D eigenvalue weighted by Crippen LogP contribution is 2.30. The molecular weight excluding hydrogens is 400 g/mol. The Balaban J connectivity index is 1.52. The first-order valence-electron chi connectivity index (χ1n) is 10.8. The SMILES string of the molecule is CC1CCN(S(=O)(=O)c2ccc(-c3nc(C#N)c(NC4CCCCC4)o3)cc2)CC1. The summed E-state index contributed by atoms with van der Waals surface area (Å²) in [5, 5.41) is 12.7. The third-order valence-electron chi connectivity index (χ3n) is 6.16. The van der Waals surface area contributed by atoms with E-state index in [9.17, 15) is 13.7 Å². The Labute approximate surface area is 178 Å². The van der Waals surface area contributed by atoms with Gasteiger partial charge >= 0.3 is 0 Å². The number of nitriles is 1. The maximum Gasteiger partial charge on any atom is 0.243 e. The van der Waals surface area contributed by atoms with Crippen LogP contribution in [0.2, 0.25) is 0 Å². The minimum absolute atomic E-state index is 0.231. The number of anilines is 1. The van der Waals surface area contributed by atoms with Crippen molar-refractivity contribution in [3.05, 3.63) is 30.0 Å². The van der Waals surface area contributed by atoms with Crippen LogP contribution in [0.4, 0.5) is 5.88 Å². The summed E-state index contributed by atoms with van der Waals surface area (Å²) in [6, 6.07) is 8.95. The zero-order valence-electron chi connectivity index (χ0n) is 17.3. The first-order chi connectivity index (χ1) is 14.5. The first kappa shape index (κ1) is 20.9. The Morgan fingerprint density at radius 1 is 1.10 bits per heavy atom. The average molecular weight is 429 g/mol. The molecule has 0 atom stereocenters. The number of rotatable bonds is 5. The van der Waals surface area contributed by atoms with Gasteiger partial charge in [-0.05, 0) is 55.9 Å². The predicted molar refractivity (Wildman–Crippen MR) is 114 cm³/mol. The van der Waals surface area contributed by atoms with Gasteiger partial charge in [0.25, 0.3) is 0 Å². The molecule has 2 heterocycles. The molecule has 8 heteroatoms. The van der Waals surface area contributed by atoms with E-state index in [1.165, 1.54) is 19.3 Å². The zero-order valence-corrected chi connectivity index (χ0v) is 18.1. The quantitative estimate of drug-likeness (QED) is 0.759. The average Bonchev–Trinajstić information content (AvgIpc) is 3.17. The zero-order chi connectivity index (χ0) is 21.1. The van der Waals surface area contributed by atoms with Gasteiger partial charge in [0, 0.05) is 24.7 Å². The number of nitrogens with one attached hydrogen (secondary N) is 1. The number of nitrogens with zero attached hydrogens (tertiary/aromatic N) is 3. The Hall–Kier alpha value is -2.37. The number of sulfonamides is 1. The lowest BCUT2D eigenvalue weighted by Gasteiger charge is -2.29. The fourth-order valence-corrected chi connectivity index (χ4v) is 5.66. The number of piperidine rings is 1. The van der Waals surface area contributed by atoms with Crippen molar-refractivity contribution in [3.8, 4) is 17.5 Å². The van der Waals surface area contributed by atoms with Crippen molar-refractivity contribution in [2.45, 2.75) is 62.8 Å². The molecular formula is C22H28N4O3S.